The second-order valence-electron chi connectivity index (χ2n) is 6.23. The molecule has 0 bridgehead atoms. The number of hydrogen-bond acceptors (Lipinski definition) is 3. The Hall–Kier alpha value is -1.43. The predicted molar refractivity (Wildman–Crippen MR) is 87.0 cm³/mol. The Kier molecular flexibility index (Phi) is 5.21. The van der Waals surface area contributed by atoms with Crippen LogP contribution in [0.2, 0.25) is 0 Å². The molecule has 22 heavy (non-hydrogen) atoms. The number of ether oxygens (including phenoxy) is 1. The van der Waals surface area contributed by atoms with Crippen LogP contribution in [0.15, 0.2) is 28.4 Å². The molecule has 2 heterocycles. The monoisotopic (exact) mass is 370 g/mol. The van der Waals surface area contributed by atoms with Gasteiger partial charge in [0.05, 0.1) is 5.69 Å². The molecule has 1 aromatic heterocycles. The average molecular weight is 371 g/mol. The first-order chi connectivity index (χ1) is 10.3. The van der Waals surface area contributed by atoms with Gasteiger partial charge in [-0.25, -0.2) is 14.2 Å². The molecule has 0 aromatic carbocycles. The maximum absolute atomic E-state index is 14.5. The topological polar surface area (TPSA) is 42.4 Å². The van der Waals surface area contributed by atoms with Crippen LogP contribution in [0.3, 0.4) is 0 Å². The van der Waals surface area contributed by atoms with E-state index >= 15 is 0 Å². The molecule has 0 unspecified atom stereocenters. The summed E-state index contributed by atoms with van der Waals surface area (Å²) in [6, 6.07) is 5.16. The summed E-state index contributed by atoms with van der Waals surface area (Å²) < 4.78 is 20.4. The van der Waals surface area contributed by atoms with E-state index in [9.17, 15) is 9.18 Å². The number of hydrogen-bond donors (Lipinski definition) is 0. The number of likely N-dealkylation sites (tertiary alicyclic amines) is 1. The summed E-state index contributed by atoms with van der Waals surface area (Å²) in [6.45, 7) is 6.42. The molecular weight excluding hydrogens is 351 g/mol. The number of aromatic nitrogens is 1. The fourth-order valence-electron chi connectivity index (χ4n) is 2.22. The smallest absolute Gasteiger partial charge is 0.410 e. The van der Waals surface area contributed by atoms with Crippen molar-refractivity contribution in [3.05, 3.63) is 34.1 Å². The van der Waals surface area contributed by atoms with Crippen molar-refractivity contribution < 1.29 is 13.9 Å². The van der Waals surface area contributed by atoms with Crippen LogP contribution in [0, 0.1) is 0 Å². The maximum atomic E-state index is 14.5. The van der Waals surface area contributed by atoms with Gasteiger partial charge in [0.2, 0.25) is 0 Å². The standard InChI is InChI=1S/C16H20BrFN2O2/c1-16(2,3)22-15(21)20-9-7-11(8-10-20)14(18)12-5-4-6-13(17)19-12/h4-6H,7-10H2,1-3H3. The molecule has 1 amide bonds. The maximum Gasteiger partial charge on any atom is 0.410 e. The van der Waals surface area contributed by atoms with Crippen LogP contribution < -0.4 is 0 Å². The minimum absolute atomic E-state index is 0.287. The van der Waals surface area contributed by atoms with Gasteiger partial charge in [0, 0.05) is 13.1 Å². The van der Waals surface area contributed by atoms with Crippen LogP contribution in [0.1, 0.15) is 39.3 Å². The number of carbonyl (C=O) groups excluding carboxylic acids is 1. The van der Waals surface area contributed by atoms with Gasteiger partial charge < -0.3 is 9.64 Å². The number of halogens is 2. The Morgan fingerprint density at radius 1 is 1.32 bits per heavy atom. The molecule has 0 atom stereocenters. The molecule has 1 fully saturated rings. The first kappa shape index (κ1) is 16.9. The summed E-state index contributed by atoms with van der Waals surface area (Å²) >= 11 is 3.24. The molecule has 4 nitrogen and oxygen atoms in total. The van der Waals surface area contributed by atoms with E-state index in [0.717, 1.165) is 0 Å². The largest absolute Gasteiger partial charge is 0.444 e. The van der Waals surface area contributed by atoms with Crippen LogP contribution in [-0.2, 0) is 4.74 Å². The van der Waals surface area contributed by atoms with Gasteiger partial charge in [-0.05, 0) is 67.2 Å². The van der Waals surface area contributed by atoms with Crippen molar-refractivity contribution in [2.24, 2.45) is 0 Å². The van der Waals surface area contributed by atoms with Gasteiger partial charge in [-0.2, -0.15) is 0 Å². The van der Waals surface area contributed by atoms with Gasteiger partial charge in [0.1, 0.15) is 16.0 Å². The van der Waals surface area contributed by atoms with E-state index in [1.807, 2.05) is 20.8 Å². The molecule has 1 aliphatic rings. The number of carbonyl (C=O) groups is 1. The van der Waals surface area contributed by atoms with Crippen molar-refractivity contribution >= 4 is 27.9 Å². The fourth-order valence-corrected chi connectivity index (χ4v) is 2.56. The van der Waals surface area contributed by atoms with Crippen molar-refractivity contribution in [1.82, 2.24) is 9.88 Å². The number of rotatable bonds is 1. The first-order valence-corrected chi connectivity index (χ1v) is 8.04. The number of amides is 1. The van der Waals surface area contributed by atoms with Crippen molar-refractivity contribution in [3.63, 3.8) is 0 Å². The summed E-state index contributed by atoms with van der Waals surface area (Å²) in [5.74, 6) is -0.287. The lowest BCUT2D eigenvalue weighted by Gasteiger charge is -2.31. The van der Waals surface area contributed by atoms with Crippen molar-refractivity contribution in [2.75, 3.05) is 13.1 Å². The minimum Gasteiger partial charge on any atom is -0.444 e. The summed E-state index contributed by atoms with van der Waals surface area (Å²) in [5.41, 5.74) is 0.513. The number of nitrogens with zero attached hydrogens (tertiary/aromatic N) is 2. The van der Waals surface area contributed by atoms with E-state index in [1.54, 1.807) is 23.1 Å². The summed E-state index contributed by atoms with van der Waals surface area (Å²) in [4.78, 5) is 17.7. The lowest BCUT2D eigenvalue weighted by Crippen LogP contribution is -2.40. The lowest BCUT2D eigenvalue weighted by atomic mass is 10.0. The molecule has 0 radical (unpaired) electrons. The molecule has 0 N–H and O–H groups in total. The van der Waals surface area contributed by atoms with Crippen molar-refractivity contribution in [3.8, 4) is 0 Å². The summed E-state index contributed by atoms with van der Waals surface area (Å²) in [5, 5.41) is 0. The van der Waals surface area contributed by atoms with Gasteiger partial charge in [-0.15, -0.1) is 0 Å². The van der Waals surface area contributed by atoms with E-state index in [-0.39, 0.29) is 11.9 Å². The third kappa shape index (κ3) is 4.53. The molecule has 1 saturated heterocycles. The summed E-state index contributed by atoms with van der Waals surface area (Å²) in [6.07, 6.45) is 0.658. The quantitative estimate of drug-likeness (QED) is 0.680. The molecule has 1 aromatic rings. The normalized spacial score (nSPS) is 15.7. The van der Waals surface area contributed by atoms with Crippen molar-refractivity contribution in [1.29, 1.82) is 0 Å². The molecule has 2 rings (SSSR count). The fraction of sp³-hybridized carbons (Fsp3) is 0.500. The molecular formula is C16H20BrFN2O2. The average Bonchev–Trinajstić information content (AvgIpc) is 2.45. The van der Waals surface area contributed by atoms with Crippen LogP contribution in [0.5, 0.6) is 0 Å². The third-order valence-electron chi connectivity index (χ3n) is 3.27. The van der Waals surface area contributed by atoms with Crippen LogP contribution in [-0.4, -0.2) is 34.7 Å². The van der Waals surface area contributed by atoms with Crippen LogP contribution >= 0.6 is 15.9 Å². The van der Waals surface area contributed by atoms with E-state index in [1.165, 1.54) is 0 Å². The molecule has 0 aliphatic carbocycles. The molecule has 1 aliphatic heterocycles. The SMILES string of the molecule is CC(C)(C)OC(=O)N1CCC(=C(F)c2cccc(Br)n2)CC1. The third-order valence-corrected chi connectivity index (χ3v) is 3.71. The van der Waals surface area contributed by atoms with Gasteiger partial charge in [0.25, 0.3) is 0 Å². The van der Waals surface area contributed by atoms with Gasteiger partial charge in [-0.1, -0.05) is 6.07 Å². The predicted octanol–water partition coefficient (Wildman–Crippen LogP) is 4.56. The van der Waals surface area contributed by atoms with Gasteiger partial charge >= 0.3 is 6.09 Å². The number of pyridine rings is 1. The molecule has 0 saturated carbocycles. The van der Waals surface area contributed by atoms with E-state index < -0.39 is 5.60 Å². The molecule has 0 spiro atoms. The van der Waals surface area contributed by atoms with E-state index in [0.29, 0.717) is 41.8 Å². The first-order valence-electron chi connectivity index (χ1n) is 7.24. The van der Waals surface area contributed by atoms with E-state index in [4.69, 9.17) is 4.74 Å². The van der Waals surface area contributed by atoms with Gasteiger partial charge in [0.15, 0.2) is 0 Å². The van der Waals surface area contributed by atoms with E-state index in [2.05, 4.69) is 20.9 Å². The Morgan fingerprint density at radius 3 is 2.50 bits per heavy atom. The zero-order valence-electron chi connectivity index (χ0n) is 13.0. The minimum atomic E-state index is -0.515. The Bertz CT molecular complexity index is 586. The highest BCUT2D eigenvalue weighted by atomic mass is 79.9. The highest BCUT2D eigenvalue weighted by Crippen LogP contribution is 2.28. The Labute approximate surface area is 138 Å². The molecule has 120 valence electrons. The van der Waals surface area contributed by atoms with Crippen LogP contribution in [0.4, 0.5) is 9.18 Å². The zero-order chi connectivity index (χ0) is 16.3. The number of piperidine rings is 1. The van der Waals surface area contributed by atoms with Crippen molar-refractivity contribution in [2.45, 2.75) is 39.2 Å². The van der Waals surface area contributed by atoms with Gasteiger partial charge in [-0.3, -0.25) is 0 Å². The van der Waals surface area contributed by atoms with Crippen LogP contribution in [0.25, 0.3) is 5.83 Å². The highest BCUT2D eigenvalue weighted by molar-refractivity contribution is 9.10. The molecule has 6 heteroatoms. The summed E-state index contributed by atoms with van der Waals surface area (Å²) in [7, 11) is 0. The highest BCUT2D eigenvalue weighted by Gasteiger charge is 2.26. The lowest BCUT2D eigenvalue weighted by molar-refractivity contribution is 0.0236. The Balaban J connectivity index is 2.02. The zero-order valence-corrected chi connectivity index (χ0v) is 14.6. The Morgan fingerprint density at radius 2 is 1.95 bits per heavy atom. The second-order valence-corrected chi connectivity index (χ2v) is 7.04. The second kappa shape index (κ2) is 6.77.